The Morgan fingerprint density at radius 3 is 2.86 bits per heavy atom. The summed E-state index contributed by atoms with van der Waals surface area (Å²) in [5, 5.41) is 5.03. The van der Waals surface area contributed by atoms with Crippen molar-refractivity contribution in [1.29, 1.82) is 0 Å². The molecule has 1 aromatic rings. The second kappa shape index (κ2) is 4.21. The van der Waals surface area contributed by atoms with Crippen molar-refractivity contribution in [3.05, 3.63) is 18.0 Å². The highest BCUT2D eigenvalue weighted by Gasteiger charge is 2.20. The molecule has 0 aliphatic rings. The standard InChI is InChI=1S/C8H14N4O2/c1-11-5-6(4-10-11)7(9)8(13)12(2)14-3/h4-5,7H,9H2,1-3H3. The van der Waals surface area contributed by atoms with E-state index in [0.29, 0.717) is 5.56 Å². The maximum absolute atomic E-state index is 11.5. The van der Waals surface area contributed by atoms with Gasteiger partial charge in [0.2, 0.25) is 0 Å². The molecule has 1 aromatic heterocycles. The highest BCUT2D eigenvalue weighted by atomic mass is 16.7. The Hall–Kier alpha value is -1.40. The molecule has 6 nitrogen and oxygen atoms in total. The van der Waals surface area contributed by atoms with Gasteiger partial charge < -0.3 is 5.73 Å². The van der Waals surface area contributed by atoms with Crippen LogP contribution in [0.25, 0.3) is 0 Å². The van der Waals surface area contributed by atoms with E-state index in [1.54, 1.807) is 24.1 Å². The number of amides is 1. The zero-order valence-electron chi connectivity index (χ0n) is 8.47. The first-order valence-electron chi connectivity index (χ1n) is 4.12. The van der Waals surface area contributed by atoms with E-state index >= 15 is 0 Å². The van der Waals surface area contributed by atoms with Crippen LogP contribution in [0.1, 0.15) is 11.6 Å². The Labute approximate surface area is 82.2 Å². The summed E-state index contributed by atoms with van der Waals surface area (Å²) < 4.78 is 1.59. The molecule has 0 aliphatic heterocycles. The number of nitrogens with two attached hydrogens (primary N) is 1. The Bertz CT molecular complexity index is 323. The third-order valence-electron chi connectivity index (χ3n) is 1.93. The summed E-state index contributed by atoms with van der Waals surface area (Å²) in [4.78, 5) is 16.3. The number of rotatable bonds is 3. The molecule has 2 N–H and O–H groups in total. The van der Waals surface area contributed by atoms with E-state index in [9.17, 15) is 4.79 Å². The van der Waals surface area contributed by atoms with Gasteiger partial charge in [-0.25, -0.2) is 5.06 Å². The minimum atomic E-state index is -0.728. The lowest BCUT2D eigenvalue weighted by molar-refractivity contribution is -0.170. The van der Waals surface area contributed by atoms with E-state index in [1.807, 2.05) is 0 Å². The van der Waals surface area contributed by atoms with Gasteiger partial charge in [-0.2, -0.15) is 5.10 Å². The molecule has 78 valence electrons. The zero-order valence-corrected chi connectivity index (χ0v) is 8.47. The largest absolute Gasteiger partial charge is 0.316 e. The third-order valence-corrected chi connectivity index (χ3v) is 1.93. The average molecular weight is 198 g/mol. The molecule has 6 heteroatoms. The molecule has 0 bridgehead atoms. The van der Waals surface area contributed by atoms with Crippen molar-refractivity contribution in [2.24, 2.45) is 12.8 Å². The SMILES string of the molecule is CON(C)C(=O)C(N)c1cnn(C)c1. The van der Waals surface area contributed by atoms with Crippen LogP contribution in [0.5, 0.6) is 0 Å². The van der Waals surface area contributed by atoms with Crippen molar-refractivity contribution >= 4 is 5.91 Å². The number of aromatic nitrogens is 2. The second-order valence-electron chi connectivity index (χ2n) is 2.94. The number of likely N-dealkylation sites (N-methyl/N-ethyl adjacent to an activating group) is 1. The van der Waals surface area contributed by atoms with Crippen molar-refractivity contribution in [2.45, 2.75) is 6.04 Å². The van der Waals surface area contributed by atoms with Gasteiger partial charge in [0.1, 0.15) is 6.04 Å². The summed E-state index contributed by atoms with van der Waals surface area (Å²) in [6.45, 7) is 0. The number of hydrogen-bond donors (Lipinski definition) is 1. The highest BCUT2D eigenvalue weighted by Crippen LogP contribution is 2.10. The first kappa shape index (κ1) is 10.7. The maximum Gasteiger partial charge on any atom is 0.267 e. The molecule has 0 saturated heterocycles. The van der Waals surface area contributed by atoms with E-state index in [4.69, 9.17) is 10.6 Å². The van der Waals surface area contributed by atoms with Gasteiger partial charge >= 0.3 is 0 Å². The molecular weight excluding hydrogens is 184 g/mol. The number of aryl methyl sites for hydroxylation is 1. The molecule has 14 heavy (non-hydrogen) atoms. The Balaban J connectivity index is 2.75. The quantitative estimate of drug-likeness (QED) is 0.661. The lowest BCUT2D eigenvalue weighted by Gasteiger charge is -2.17. The summed E-state index contributed by atoms with van der Waals surface area (Å²) in [6.07, 6.45) is 3.26. The van der Waals surface area contributed by atoms with E-state index in [1.165, 1.54) is 14.2 Å². The number of carbonyl (C=O) groups is 1. The van der Waals surface area contributed by atoms with Gasteiger partial charge in [-0.05, 0) is 0 Å². The highest BCUT2D eigenvalue weighted by molar-refractivity contribution is 5.81. The fourth-order valence-corrected chi connectivity index (χ4v) is 1.03. The topological polar surface area (TPSA) is 73.4 Å². The monoisotopic (exact) mass is 198 g/mol. The third kappa shape index (κ3) is 2.09. The van der Waals surface area contributed by atoms with Crippen LogP contribution >= 0.6 is 0 Å². The van der Waals surface area contributed by atoms with Crippen LogP contribution in [0, 0.1) is 0 Å². The molecule has 1 unspecified atom stereocenters. The molecule has 0 aromatic carbocycles. The summed E-state index contributed by atoms with van der Waals surface area (Å²) in [6, 6.07) is -0.728. The van der Waals surface area contributed by atoms with Crippen LogP contribution in [0.2, 0.25) is 0 Å². The van der Waals surface area contributed by atoms with Gasteiger partial charge in [0.25, 0.3) is 5.91 Å². The maximum atomic E-state index is 11.5. The van der Waals surface area contributed by atoms with Crippen molar-refractivity contribution < 1.29 is 9.63 Å². The van der Waals surface area contributed by atoms with Gasteiger partial charge in [0.05, 0.1) is 13.3 Å². The Morgan fingerprint density at radius 1 is 1.79 bits per heavy atom. The van der Waals surface area contributed by atoms with Crippen LogP contribution in [0.3, 0.4) is 0 Å². The summed E-state index contributed by atoms with van der Waals surface area (Å²) in [5.41, 5.74) is 6.37. The van der Waals surface area contributed by atoms with Crippen molar-refractivity contribution in [3.8, 4) is 0 Å². The summed E-state index contributed by atoms with van der Waals surface area (Å²) >= 11 is 0. The predicted octanol–water partition coefficient (Wildman–Crippen LogP) is -0.560. The minimum absolute atomic E-state index is 0.305. The molecule has 0 spiro atoms. The number of hydrogen-bond acceptors (Lipinski definition) is 4. The summed E-state index contributed by atoms with van der Waals surface area (Å²) in [5.74, 6) is -0.305. The van der Waals surface area contributed by atoms with Crippen LogP contribution in [0.15, 0.2) is 12.4 Å². The molecule has 0 aliphatic carbocycles. The Kier molecular flexibility index (Phi) is 3.21. The van der Waals surface area contributed by atoms with Gasteiger partial charge in [-0.1, -0.05) is 0 Å². The van der Waals surface area contributed by atoms with Gasteiger partial charge in [-0.15, -0.1) is 0 Å². The number of hydroxylamine groups is 2. The van der Waals surface area contributed by atoms with E-state index in [2.05, 4.69) is 5.10 Å². The normalized spacial score (nSPS) is 12.6. The van der Waals surface area contributed by atoms with Crippen molar-refractivity contribution in [2.75, 3.05) is 14.2 Å². The van der Waals surface area contributed by atoms with E-state index in [0.717, 1.165) is 5.06 Å². The van der Waals surface area contributed by atoms with Crippen LogP contribution < -0.4 is 5.73 Å². The fraction of sp³-hybridized carbons (Fsp3) is 0.500. The smallest absolute Gasteiger partial charge is 0.267 e. The molecular formula is C8H14N4O2. The van der Waals surface area contributed by atoms with Gasteiger partial charge in [-0.3, -0.25) is 14.3 Å². The van der Waals surface area contributed by atoms with Crippen LogP contribution in [-0.2, 0) is 16.7 Å². The lowest BCUT2D eigenvalue weighted by atomic mass is 10.1. The predicted molar refractivity (Wildman–Crippen MR) is 49.9 cm³/mol. The Morgan fingerprint density at radius 2 is 2.43 bits per heavy atom. The zero-order chi connectivity index (χ0) is 10.7. The molecule has 1 rings (SSSR count). The van der Waals surface area contributed by atoms with E-state index < -0.39 is 6.04 Å². The van der Waals surface area contributed by atoms with Crippen molar-refractivity contribution in [1.82, 2.24) is 14.8 Å². The average Bonchev–Trinajstić information content (AvgIpc) is 2.61. The second-order valence-corrected chi connectivity index (χ2v) is 2.94. The molecule has 1 amide bonds. The molecule has 1 atom stereocenters. The number of carbonyl (C=O) groups excluding carboxylic acids is 1. The molecule has 0 fully saturated rings. The summed E-state index contributed by atoms with van der Waals surface area (Å²) in [7, 11) is 4.69. The molecule has 1 heterocycles. The first-order chi connectivity index (χ1) is 6.56. The number of nitrogens with zero attached hydrogens (tertiary/aromatic N) is 3. The first-order valence-corrected chi connectivity index (χ1v) is 4.12. The van der Waals surface area contributed by atoms with Crippen molar-refractivity contribution in [3.63, 3.8) is 0 Å². The molecule has 0 saturated carbocycles. The van der Waals surface area contributed by atoms with E-state index in [-0.39, 0.29) is 5.91 Å². The molecule has 0 radical (unpaired) electrons. The fourth-order valence-electron chi connectivity index (χ4n) is 1.03. The van der Waals surface area contributed by atoms with Gasteiger partial charge in [0.15, 0.2) is 0 Å². The van der Waals surface area contributed by atoms with Crippen LogP contribution in [0.4, 0.5) is 0 Å². The van der Waals surface area contributed by atoms with Gasteiger partial charge in [0, 0.05) is 25.9 Å². The minimum Gasteiger partial charge on any atom is -0.316 e. The van der Waals surface area contributed by atoms with Crippen LogP contribution in [-0.4, -0.2) is 34.9 Å². The lowest BCUT2D eigenvalue weighted by Crippen LogP contribution is -2.34.